The van der Waals surface area contributed by atoms with E-state index in [2.05, 4.69) is 0 Å². The van der Waals surface area contributed by atoms with Crippen LogP contribution in [0.4, 0.5) is 0 Å². The minimum absolute atomic E-state index is 0.00325. The highest BCUT2D eigenvalue weighted by molar-refractivity contribution is 5.93. The minimum atomic E-state index is -2.50. The predicted molar refractivity (Wildman–Crippen MR) is 461 cm³/mol. The normalized spacial score (nSPS) is 23.3. The maximum absolute atomic E-state index is 14.8. The summed E-state index contributed by atoms with van der Waals surface area (Å²) in [6.45, 7) is 0. The van der Waals surface area contributed by atoms with E-state index in [0.717, 1.165) is 115 Å². The van der Waals surface area contributed by atoms with E-state index in [1.807, 2.05) is 0 Å². The van der Waals surface area contributed by atoms with E-state index in [0.29, 0.717) is 36.4 Å². The van der Waals surface area contributed by atoms with Crippen LogP contribution < -0.4 is 33.2 Å². The zero-order valence-electron chi connectivity index (χ0n) is 69.7. The van der Waals surface area contributed by atoms with Crippen molar-refractivity contribution >= 4 is 5.97 Å². The Labute approximate surface area is 766 Å². The third-order valence-corrected chi connectivity index (χ3v) is 25.8. The Bertz CT molecular complexity index is 7210. The molecule has 0 aliphatic carbocycles. The lowest BCUT2D eigenvalue weighted by Crippen LogP contribution is -2.40. The second-order valence-electron chi connectivity index (χ2n) is 33.9. The van der Waals surface area contributed by atoms with Crippen LogP contribution in [-0.2, 0) is 6.42 Å². The van der Waals surface area contributed by atoms with Crippen molar-refractivity contribution < 1.29 is 201 Å². The fraction of sp³-hybridized carbons (Fsp3) is 0.186. The Hall–Kier alpha value is -17.3. The molecule has 13 aromatic rings. The molecule has 17 atom stereocenters. The first-order valence-electron chi connectivity index (χ1n) is 41.5. The van der Waals surface area contributed by atoms with E-state index >= 15 is 0 Å². The Balaban J connectivity index is 0.864. The zero-order chi connectivity index (χ0) is 97.6. The summed E-state index contributed by atoms with van der Waals surface area (Å²) in [6.07, 6.45) is -26.3. The van der Waals surface area contributed by atoms with Gasteiger partial charge in [-0.1, -0.05) is 36.4 Å². The van der Waals surface area contributed by atoms with Crippen LogP contribution in [0.1, 0.15) is 171 Å². The van der Waals surface area contributed by atoms with Crippen molar-refractivity contribution in [1.82, 2.24) is 0 Å². The third-order valence-electron chi connectivity index (χ3n) is 25.8. The summed E-state index contributed by atoms with van der Waals surface area (Å²) in [5, 5.41) is 383. The van der Waals surface area contributed by atoms with E-state index in [-0.39, 0.29) is 33.4 Å². The van der Waals surface area contributed by atoms with Crippen LogP contribution >= 0.6 is 0 Å². The van der Waals surface area contributed by atoms with E-state index in [9.17, 15) is 168 Å². The number of carbonyl (C=O) groups is 1. The van der Waals surface area contributed by atoms with Gasteiger partial charge in [0.2, 0.25) is 0 Å². The van der Waals surface area contributed by atoms with Crippen molar-refractivity contribution in [1.29, 1.82) is 0 Å². The maximum atomic E-state index is 14.8. The van der Waals surface area contributed by atoms with Crippen molar-refractivity contribution in [3.63, 3.8) is 0 Å². The number of phenolic OH excluding ortho intramolecular Hbond substituents is 26. The van der Waals surface area contributed by atoms with Crippen LogP contribution in [0.15, 0.2) is 164 Å². The van der Waals surface area contributed by atoms with Gasteiger partial charge >= 0.3 is 5.97 Å². The second-order valence-corrected chi connectivity index (χ2v) is 33.9. The van der Waals surface area contributed by atoms with Gasteiger partial charge in [0.25, 0.3) is 0 Å². The highest BCUT2D eigenvalue weighted by Gasteiger charge is 2.57. The van der Waals surface area contributed by atoms with Crippen LogP contribution in [0, 0.1) is 0 Å². The Kier molecular flexibility index (Phi) is 21.1. The molecule has 0 aromatic heterocycles. The molecule has 19 rings (SSSR count). The smallest absolute Gasteiger partial charge is 0.343 e. The zero-order valence-corrected chi connectivity index (χ0v) is 69.7. The highest BCUT2D eigenvalue weighted by atomic mass is 16.6. The summed E-state index contributed by atoms with van der Waals surface area (Å²) < 4.78 is 45.8. The number of esters is 1. The molecule has 6 aliphatic rings. The number of ether oxygens (including phenoxy) is 7. The first-order chi connectivity index (χ1) is 65.1. The molecule has 6 aliphatic heterocycles. The summed E-state index contributed by atoms with van der Waals surface area (Å²) in [4.78, 5) is 14.8. The van der Waals surface area contributed by atoms with Crippen molar-refractivity contribution in [2.75, 3.05) is 0 Å². The van der Waals surface area contributed by atoms with E-state index < -0.39 is 372 Å². The SMILES string of the molecule is O=C(Oc1cc2c(c(O)c1C1c3c(O)cc(O)c(C4c5c(O)cc(O)c(C6c7c(O)cc(O)c(C8c9c(O)cc(O)c(C%10c%11c(O)cc(O)cc%11O[C@H](c%11ccc(O)c(O)c%11)[C@@H]%10O)c9O[C@H](c9ccc(O)c(O)c9)[C@@H]8O)c7O[C@H](c7ccc(O)c(O)c7)[C@@H]6O)c5O[C@H](c5ccc(O)c(O)c5)[C@@H]4O)c3O[C@H](c3ccc(O)c(O)c3)[C@@H]1O)C[C@@H](O)[C@@H](c1ccc(O)c(O)c1)O2)c1cc(O)c(O)c(O)c1. The number of phenols is 26. The standard InChI is InChI=1S/C97H78O40/c98-36-21-50(111)65-63(22-36)132-88(30-2-8-39(100)45(106)14-30)82(125)75(65)66-51(112)24-52(113)67-76(83(126)89(134-93(66)67)31-3-9-40(101)46(107)15-31)68-53(114)25-54(115)69-77(84(127)90(135-94(68)69)32-4-10-41(102)47(108)16-32)70-55(116)26-56(117)71-78(85(128)91(136-95(70)71)33-5-11-42(103)48(109)17-33)72-57(118)27-58(119)73-79(86(129)92(137-96(72)73)34-6-12-43(104)49(110)18-34)74-64(133-97(130)35-19-59(120)81(124)60(121)20-35)28-62-37(80(74)123)23-61(122)87(131-62)29-1-7-38(99)44(105)13-29/h1-22,24-28,61,75-79,82-92,98-129H,23H2/t61-,75?,76?,77?,78?,79?,82-,83-,84-,85-,86-,87-,88-,89-,90-,91-,92-/m1/s1. The molecule has 5 unspecified atom stereocenters. The fourth-order valence-electron chi connectivity index (χ4n) is 19.6. The van der Waals surface area contributed by atoms with Crippen LogP contribution in [0.5, 0.6) is 190 Å². The summed E-state index contributed by atoms with van der Waals surface area (Å²) in [7, 11) is 0. The molecule has 40 heteroatoms. The molecule has 13 aromatic carbocycles. The van der Waals surface area contributed by atoms with Crippen molar-refractivity contribution in [2.45, 2.75) is 109 Å². The number of aliphatic hydroxyl groups is 6. The van der Waals surface area contributed by atoms with Crippen LogP contribution in [0.3, 0.4) is 0 Å². The van der Waals surface area contributed by atoms with Gasteiger partial charge in [-0.3, -0.25) is 0 Å². The number of hydrogen-bond acceptors (Lipinski definition) is 40. The topological polar surface area (TPSA) is 729 Å². The number of benzene rings is 13. The monoisotopic (exact) mass is 1880 g/mol. The largest absolute Gasteiger partial charge is 0.508 e. The van der Waals surface area contributed by atoms with Gasteiger partial charge in [0, 0.05) is 110 Å². The average molecular weight is 1880 g/mol. The minimum Gasteiger partial charge on any atom is -0.508 e. The van der Waals surface area contributed by atoms with Crippen LogP contribution in [-0.4, -0.2) is 206 Å². The molecule has 32 N–H and O–H groups in total. The van der Waals surface area contributed by atoms with Gasteiger partial charge < -0.3 is 197 Å². The number of carbonyl (C=O) groups excluding carboxylic acids is 1. The van der Waals surface area contributed by atoms with Crippen LogP contribution in [0.25, 0.3) is 0 Å². The van der Waals surface area contributed by atoms with E-state index in [1.165, 1.54) is 12.1 Å². The molecule has 0 bridgehead atoms. The van der Waals surface area contributed by atoms with Gasteiger partial charge in [-0.25, -0.2) is 4.79 Å². The van der Waals surface area contributed by atoms with Crippen molar-refractivity contribution in [3.05, 3.63) is 264 Å². The molecule has 0 amide bonds. The molecular weight excluding hydrogens is 1810 g/mol. The Morgan fingerprint density at radius 1 is 0.234 bits per heavy atom. The number of fused-ring (bicyclic) bond motifs is 6. The highest BCUT2D eigenvalue weighted by Crippen LogP contribution is 2.69. The lowest BCUT2D eigenvalue weighted by atomic mass is 9.70. The van der Waals surface area contributed by atoms with E-state index in [4.69, 9.17) is 33.2 Å². The molecule has 0 fully saturated rings. The van der Waals surface area contributed by atoms with Crippen molar-refractivity contribution in [3.8, 4) is 190 Å². The fourth-order valence-corrected chi connectivity index (χ4v) is 19.6. The maximum Gasteiger partial charge on any atom is 0.343 e. The molecule has 137 heavy (non-hydrogen) atoms. The summed E-state index contributed by atoms with van der Waals surface area (Å²) in [6, 6.07) is 24.3. The predicted octanol–water partition coefficient (Wildman–Crippen LogP) is 9.42. The van der Waals surface area contributed by atoms with Gasteiger partial charge in [0.1, 0.15) is 140 Å². The molecule has 6 heterocycles. The quantitative estimate of drug-likeness (QED) is 0.0290. The summed E-state index contributed by atoms with van der Waals surface area (Å²) in [5.74, 6) is -42.8. The van der Waals surface area contributed by atoms with Gasteiger partial charge in [-0.2, -0.15) is 0 Å². The number of aliphatic hydroxyl groups excluding tert-OH is 6. The van der Waals surface area contributed by atoms with Gasteiger partial charge in [0.15, 0.2) is 117 Å². The lowest BCUT2D eigenvalue weighted by Gasteiger charge is -2.45. The molecule has 0 radical (unpaired) electrons. The van der Waals surface area contributed by atoms with Crippen molar-refractivity contribution in [2.24, 2.45) is 0 Å². The lowest BCUT2D eigenvalue weighted by molar-refractivity contribution is -0.0107. The number of aromatic hydroxyl groups is 26. The molecule has 0 saturated carbocycles. The summed E-state index contributed by atoms with van der Waals surface area (Å²) in [5.41, 5.74) is -10.4. The third kappa shape index (κ3) is 14.3. The van der Waals surface area contributed by atoms with E-state index in [1.54, 1.807) is 0 Å². The molecular formula is C97H78O40. The molecule has 706 valence electrons. The molecule has 0 saturated heterocycles. The molecule has 40 nitrogen and oxygen atoms in total. The van der Waals surface area contributed by atoms with Crippen LogP contribution in [0.2, 0.25) is 0 Å². The Morgan fingerprint density at radius 2 is 0.489 bits per heavy atom. The Morgan fingerprint density at radius 3 is 0.781 bits per heavy atom. The average Bonchev–Trinajstić information content (AvgIpc) is 0.693. The van der Waals surface area contributed by atoms with Gasteiger partial charge in [-0.05, 0) is 118 Å². The number of rotatable bonds is 13. The first-order valence-corrected chi connectivity index (χ1v) is 41.5. The second kappa shape index (κ2) is 32.6. The van der Waals surface area contributed by atoms with Gasteiger partial charge in [0.05, 0.1) is 41.3 Å². The molecule has 0 spiro atoms. The van der Waals surface area contributed by atoms with Gasteiger partial charge in [-0.15, -0.1) is 0 Å². The summed E-state index contributed by atoms with van der Waals surface area (Å²) >= 11 is 0. The number of hydrogen-bond donors (Lipinski definition) is 32. The first kappa shape index (κ1) is 88.9.